The van der Waals surface area contributed by atoms with Gasteiger partial charge in [-0.15, -0.1) is 0 Å². The Balaban J connectivity index is 2.24. The molecule has 1 aliphatic carbocycles. The molecule has 2 heteroatoms. The molecule has 0 spiro atoms. The predicted molar refractivity (Wildman–Crippen MR) is 71.7 cm³/mol. The van der Waals surface area contributed by atoms with Gasteiger partial charge in [0.05, 0.1) is 0 Å². The molecular weight excluding hydrogens is 196 g/mol. The van der Waals surface area contributed by atoms with Gasteiger partial charge >= 0.3 is 0 Å². The van der Waals surface area contributed by atoms with Crippen molar-refractivity contribution in [3.05, 3.63) is 0 Å². The van der Waals surface area contributed by atoms with Gasteiger partial charge in [0.2, 0.25) is 0 Å². The Morgan fingerprint density at radius 1 is 1.31 bits per heavy atom. The van der Waals surface area contributed by atoms with E-state index >= 15 is 0 Å². The normalized spacial score (nSPS) is 29.2. The number of likely N-dealkylation sites (N-methyl/N-ethyl adjacent to an activating group) is 1. The van der Waals surface area contributed by atoms with Gasteiger partial charge in [-0.2, -0.15) is 0 Å². The zero-order valence-electron chi connectivity index (χ0n) is 12.0. The summed E-state index contributed by atoms with van der Waals surface area (Å²) in [5.74, 6) is 0.833. The summed E-state index contributed by atoms with van der Waals surface area (Å²) in [6.45, 7) is 14.0. The van der Waals surface area contributed by atoms with E-state index in [9.17, 15) is 0 Å². The van der Waals surface area contributed by atoms with Crippen molar-refractivity contribution in [1.29, 1.82) is 0 Å². The smallest absolute Gasteiger partial charge is 0.0107 e. The first kappa shape index (κ1) is 14.0. The number of rotatable bonds is 5. The first-order valence-corrected chi connectivity index (χ1v) is 6.75. The second kappa shape index (κ2) is 5.50. The molecule has 2 atom stereocenters. The fourth-order valence-corrected chi connectivity index (χ4v) is 2.85. The Labute approximate surface area is 102 Å². The van der Waals surface area contributed by atoms with E-state index in [0.29, 0.717) is 11.5 Å². The van der Waals surface area contributed by atoms with Crippen molar-refractivity contribution in [3.8, 4) is 0 Å². The van der Waals surface area contributed by atoms with E-state index in [4.69, 9.17) is 0 Å². The lowest BCUT2D eigenvalue weighted by Gasteiger charge is -2.24. The van der Waals surface area contributed by atoms with E-state index in [-0.39, 0.29) is 0 Å². The van der Waals surface area contributed by atoms with E-state index in [0.717, 1.165) is 25.0 Å². The van der Waals surface area contributed by atoms with Crippen molar-refractivity contribution in [2.75, 3.05) is 20.1 Å². The van der Waals surface area contributed by atoms with Crippen molar-refractivity contribution >= 4 is 0 Å². The van der Waals surface area contributed by atoms with Crippen LogP contribution < -0.4 is 5.32 Å². The van der Waals surface area contributed by atoms with Gasteiger partial charge in [-0.3, -0.25) is 0 Å². The van der Waals surface area contributed by atoms with Crippen LogP contribution in [0.2, 0.25) is 0 Å². The minimum Gasteiger partial charge on any atom is -0.312 e. The van der Waals surface area contributed by atoms with Crippen LogP contribution in [0.1, 0.15) is 47.5 Å². The van der Waals surface area contributed by atoms with E-state index in [2.05, 4.69) is 51.9 Å². The van der Waals surface area contributed by atoms with Crippen LogP contribution in [0.15, 0.2) is 0 Å². The van der Waals surface area contributed by atoms with E-state index in [1.807, 2.05) is 0 Å². The lowest BCUT2D eigenvalue weighted by molar-refractivity contribution is 0.263. The number of hydrogen-bond acceptors (Lipinski definition) is 2. The standard InChI is InChI=1S/C14H30N2/c1-11(2)16(6)8-7-15-13-10-14(4,5)9-12(13)3/h11-13,15H,7-10H2,1-6H3. The molecule has 0 radical (unpaired) electrons. The van der Waals surface area contributed by atoms with Gasteiger partial charge in [-0.25, -0.2) is 0 Å². The summed E-state index contributed by atoms with van der Waals surface area (Å²) < 4.78 is 0. The van der Waals surface area contributed by atoms with E-state index in [1.54, 1.807) is 0 Å². The highest BCUT2D eigenvalue weighted by Gasteiger charge is 2.36. The third-order valence-corrected chi connectivity index (χ3v) is 4.09. The Morgan fingerprint density at radius 2 is 1.94 bits per heavy atom. The van der Waals surface area contributed by atoms with E-state index < -0.39 is 0 Å². The minimum atomic E-state index is 0.543. The molecule has 1 rings (SSSR count). The molecule has 0 amide bonds. The van der Waals surface area contributed by atoms with Crippen LogP contribution in [0.3, 0.4) is 0 Å². The lowest BCUT2D eigenvalue weighted by atomic mass is 9.91. The molecule has 1 aliphatic rings. The van der Waals surface area contributed by atoms with E-state index in [1.165, 1.54) is 12.8 Å². The maximum Gasteiger partial charge on any atom is 0.0107 e. The number of nitrogens with one attached hydrogen (secondary N) is 1. The van der Waals surface area contributed by atoms with Crippen LogP contribution in [-0.4, -0.2) is 37.1 Å². The zero-order valence-corrected chi connectivity index (χ0v) is 12.0. The second-order valence-electron chi connectivity index (χ2n) is 6.68. The predicted octanol–water partition coefficient (Wildman–Crippen LogP) is 2.74. The van der Waals surface area contributed by atoms with Gasteiger partial charge in [-0.1, -0.05) is 20.8 Å². The van der Waals surface area contributed by atoms with Crippen molar-refractivity contribution in [3.63, 3.8) is 0 Å². The zero-order chi connectivity index (χ0) is 12.3. The molecule has 2 unspecified atom stereocenters. The van der Waals surface area contributed by atoms with Gasteiger partial charge in [0.1, 0.15) is 0 Å². The summed E-state index contributed by atoms with van der Waals surface area (Å²) in [6, 6.07) is 1.38. The Hall–Kier alpha value is -0.0800. The molecule has 1 saturated carbocycles. The summed E-state index contributed by atoms with van der Waals surface area (Å²) >= 11 is 0. The third-order valence-electron chi connectivity index (χ3n) is 4.09. The molecule has 96 valence electrons. The average molecular weight is 226 g/mol. The van der Waals surface area contributed by atoms with Crippen LogP contribution in [0.5, 0.6) is 0 Å². The van der Waals surface area contributed by atoms with Crippen molar-refractivity contribution < 1.29 is 0 Å². The van der Waals surface area contributed by atoms with Crippen LogP contribution in [0.25, 0.3) is 0 Å². The molecule has 0 aromatic carbocycles. The summed E-state index contributed by atoms with van der Waals surface area (Å²) in [6.07, 6.45) is 2.70. The molecule has 1 N–H and O–H groups in total. The highest BCUT2D eigenvalue weighted by Crippen LogP contribution is 2.40. The molecule has 0 heterocycles. The van der Waals surface area contributed by atoms with Gasteiger partial charge in [0, 0.05) is 25.2 Å². The second-order valence-corrected chi connectivity index (χ2v) is 6.68. The summed E-state index contributed by atoms with van der Waals surface area (Å²) in [4.78, 5) is 2.40. The molecule has 0 aromatic rings. The minimum absolute atomic E-state index is 0.543. The van der Waals surface area contributed by atoms with Crippen LogP contribution in [0.4, 0.5) is 0 Å². The molecular formula is C14H30N2. The first-order chi connectivity index (χ1) is 7.32. The SMILES string of the molecule is CC1CC(C)(C)CC1NCCN(C)C(C)C. The molecule has 2 nitrogen and oxygen atoms in total. The molecule has 0 aromatic heterocycles. The Bertz CT molecular complexity index is 211. The number of hydrogen-bond donors (Lipinski definition) is 1. The highest BCUT2D eigenvalue weighted by atomic mass is 15.1. The van der Waals surface area contributed by atoms with Crippen LogP contribution in [-0.2, 0) is 0 Å². The molecule has 16 heavy (non-hydrogen) atoms. The largest absolute Gasteiger partial charge is 0.312 e. The molecule has 0 bridgehead atoms. The Kier molecular flexibility index (Phi) is 4.81. The maximum absolute atomic E-state index is 3.73. The van der Waals surface area contributed by atoms with Gasteiger partial charge < -0.3 is 10.2 Å². The molecule has 0 saturated heterocycles. The summed E-state index contributed by atoms with van der Waals surface area (Å²) in [5, 5.41) is 3.73. The lowest BCUT2D eigenvalue weighted by Crippen LogP contribution is -2.39. The van der Waals surface area contributed by atoms with Crippen molar-refractivity contribution in [1.82, 2.24) is 10.2 Å². The number of nitrogens with zero attached hydrogens (tertiary/aromatic N) is 1. The third kappa shape index (κ3) is 4.06. The first-order valence-electron chi connectivity index (χ1n) is 6.75. The van der Waals surface area contributed by atoms with Gasteiger partial charge in [0.15, 0.2) is 0 Å². The quantitative estimate of drug-likeness (QED) is 0.775. The summed E-state index contributed by atoms with van der Waals surface area (Å²) in [7, 11) is 2.20. The van der Waals surface area contributed by atoms with Crippen LogP contribution in [0, 0.1) is 11.3 Å². The molecule has 1 fully saturated rings. The van der Waals surface area contributed by atoms with Crippen molar-refractivity contribution in [2.24, 2.45) is 11.3 Å². The monoisotopic (exact) mass is 226 g/mol. The Morgan fingerprint density at radius 3 is 2.38 bits per heavy atom. The highest BCUT2D eigenvalue weighted by molar-refractivity contribution is 4.91. The van der Waals surface area contributed by atoms with Crippen molar-refractivity contribution in [2.45, 2.75) is 59.5 Å². The average Bonchev–Trinajstić information content (AvgIpc) is 2.39. The van der Waals surface area contributed by atoms with Gasteiger partial charge in [-0.05, 0) is 45.1 Å². The molecule has 0 aliphatic heterocycles. The topological polar surface area (TPSA) is 15.3 Å². The van der Waals surface area contributed by atoms with Gasteiger partial charge in [0.25, 0.3) is 0 Å². The fourth-order valence-electron chi connectivity index (χ4n) is 2.85. The summed E-state index contributed by atoms with van der Waals surface area (Å²) in [5.41, 5.74) is 0.543. The maximum atomic E-state index is 3.73. The fraction of sp³-hybridized carbons (Fsp3) is 1.00. The van der Waals surface area contributed by atoms with Crippen LogP contribution >= 0.6 is 0 Å².